The molecule has 0 radical (unpaired) electrons. The maximum atomic E-state index is 6.03. The zero-order chi connectivity index (χ0) is 14.4. The fourth-order valence-electron chi connectivity index (χ4n) is 2.26. The number of aryl methyl sites for hydroxylation is 1. The summed E-state index contributed by atoms with van der Waals surface area (Å²) in [5.41, 5.74) is 2.48. The normalized spacial score (nSPS) is 12.3. The number of rotatable bonds is 7. The van der Waals surface area contributed by atoms with E-state index in [-0.39, 0.29) is 0 Å². The first kappa shape index (κ1) is 15.1. The molecule has 1 heterocycles. The molecule has 1 N–H and O–H groups in total. The number of nitrogens with one attached hydrogen (secondary N) is 1. The minimum Gasteiger partial charge on any atom is -0.493 e. The summed E-state index contributed by atoms with van der Waals surface area (Å²) in [5, 5.41) is 5.56. The smallest absolute Gasteiger partial charge is 0.124 e. The average molecular weight is 289 g/mol. The first-order chi connectivity index (χ1) is 9.70. The number of thiophene rings is 1. The highest BCUT2D eigenvalue weighted by molar-refractivity contribution is 7.09. The number of hydrogen-bond acceptors (Lipinski definition) is 3. The highest BCUT2D eigenvalue weighted by Crippen LogP contribution is 2.26. The third-order valence-electron chi connectivity index (χ3n) is 3.33. The van der Waals surface area contributed by atoms with Gasteiger partial charge in [-0.2, -0.15) is 0 Å². The van der Waals surface area contributed by atoms with Gasteiger partial charge in [-0.15, -0.1) is 11.3 Å². The van der Waals surface area contributed by atoms with Crippen LogP contribution in [0.3, 0.4) is 0 Å². The first-order valence-corrected chi connectivity index (χ1v) is 8.07. The predicted molar refractivity (Wildman–Crippen MR) is 86.8 cm³/mol. The molecule has 1 atom stereocenters. The van der Waals surface area contributed by atoms with Gasteiger partial charge in [0.05, 0.1) is 6.61 Å². The molecule has 108 valence electrons. The summed E-state index contributed by atoms with van der Waals surface area (Å²) in [5.74, 6) is 1.01. The Hall–Kier alpha value is -1.32. The molecule has 0 saturated heterocycles. The summed E-state index contributed by atoms with van der Waals surface area (Å²) >= 11 is 1.79. The number of hydrogen-bond donors (Lipinski definition) is 1. The van der Waals surface area contributed by atoms with E-state index >= 15 is 0 Å². The van der Waals surface area contributed by atoms with E-state index in [1.165, 1.54) is 16.0 Å². The molecule has 3 heteroatoms. The summed E-state index contributed by atoms with van der Waals surface area (Å²) in [6.45, 7) is 8.11. The molecule has 0 saturated carbocycles. The second kappa shape index (κ2) is 7.46. The number of ether oxygens (including phenoxy) is 1. The van der Waals surface area contributed by atoms with Gasteiger partial charge in [-0.3, -0.25) is 0 Å². The van der Waals surface area contributed by atoms with Gasteiger partial charge < -0.3 is 10.1 Å². The second-order valence-corrected chi connectivity index (χ2v) is 6.03. The van der Waals surface area contributed by atoms with Crippen molar-refractivity contribution in [3.05, 3.63) is 51.7 Å². The van der Waals surface area contributed by atoms with E-state index in [1.54, 1.807) is 11.3 Å². The largest absolute Gasteiger partial charge is 0.493 e. The van der Waals surface area contributed by atoms with E-state index in [4.69, 9.17) is 4.74 Å². The molecule has 20 heavy (non-hydrogen) atoms. The van der Waals surface area contributed by atoms with Gasteiger partial charge in [-0.1, -0.05) is 25.1 Å². The lowest BCUT2D eigenvalue weighted by Gasteiger charge is -2.18. The maximum absolute atomic E-state index is 6.03. The molecule has 0 aliphatic heterocycles. The van der Waals surface area contributed by atoms with Crippen molar-refractivity contribution in [1.29, 1.82) is 0 Å². The molecule has 2 nitrogen and oxygen atoms in total. The maximum Gasteiger partial charge on any atom is 0.124 e. The van der Waals surface area contributed by atoms with Crippen LogP contribution >= 0.6 is 11.3 Å². The van der Waals surface area contributed by atoms with Gasteiger partial charge in [0.15, 0.2) is 0 Å². The summed E-state index contributed by atoms with van der Waals surface area (Å²) < 4.78 is 6.03. The molecule has 0 aliphatic rings. The highest BCUT2D eigenvalue weighted by Gasteiger charge is 2.11. The SMILES string of the molecule is CCNC(C)c1ccc(C)cc1OCCc1cccs1. The Balaban J connectivity index is 2.03. The molecule has 1 aromatic carbocycles. The van der Waals surface area contributed by atoms with E-state index < -0.39 is 0 Å². The van der Waals surface area contributed by atoms with Crippen LogP contribution in [0.25, 0.3) is 0 Å². The Morgan fingerprint density at radius 3 is 2.85 bits per heavy atom. The van der Waals surface area contributed by atoms with Gasteiger partial charge in [0, 0.05) is 22.9 Å². The van der Waals surface area contributed by atoms with Crippen LogP contribution in [0.2, 0.25) is 0 Å². The Morgan fingerprint density at radius 1 is 1.30 bits per heavy atom. The molecule has 0 bridgehead atoms. The van der Waals surface area contributed by atoms with Gasteiger partial charge in [0.1, 0.15) is 5.75 Å². The average Bonchev–Trinajstić information content (AvgIpc) is 2.92. The van der Waals surface area contributed by atoms with Gasteiger partial charge in [0.2, 0.25) is 0 Å². The van der Waals surface area contributed by atoms with Crippen LogP contribution in [0.15, 0.2) is 35.7 Å². The molecule has 1 unspecified atom stereocenters. The van der Waals surface area contributed by atoms with Crippen LogP contribution in [0.1, 0.15) is 35.9 Å². The second-order valence-electron chi connectivity index (χ2n) is 5.00. The zero-order valence-corrected chi connectivity index (χ0v) is 13.3. The quantitative estimate of drug-likeness (QED) is 0.818. The zero-order valence-electron chi connectivity index (χ0n) is 12.5. The summed E-state index contributed by atoms with van der Waals surface area (Å²) in [6.07, 6.45) is 0.973. The van der Waals surface area contributed by atoms with Gasteiger partial charge >= 0.3 is 0 Å². The van der Waals surface area contributed by atoms with Gasteiger partial charge in [-0.05, 0) is 43.5 Å². The third-order valence-corrected chi connectivity index (χ3v) is 4.27. The van der Waals surface area contributed by atoms with E-state index in [0.29, 0.717) is 6.04 Å². The molecule has 2 rings (SSSR count). The fraction of sp³-hybridized carbons (Fsp3) is 0.412. The van der Waals surface area contributed by atoms with Crippen molar-refractivity contribution in [1.82, 2.24) is 5.32 Å². The molecule has 0 fully saturated rings. The van der Waals surface area contributed by atoms with Gasteiger partial charge in [0.25, 0.3) is 0 Å². The van der Waals surface area contributed by atoms with Crippen molar-refractivity contribution in [2.45, 2.75) is 33.2 Å². The van der Waals surface area contributed by atoms with Crippen molar-refractivity contribution < 1.29 is 4.74 Å². The number of benzene rings is 1. The molecule has 0 spiro atoms. The monoisotopic (exact) mass is 289 g/mol. The standard InChI is InChI=1S/C17H23NOS/c1-4-18-14(3)16-8-7-13(2)12-17(16)19-10-9-15-6-5-11-20-15/h5-8,11-12,14,18H,4,9-10H2,1-3H3. The lowest BCUT2D eigenvalue weighted by atomic mass is 10.0. The summed E-state index contributed by atoms with van der Waals surface area (Å²) in [6, 6.07) is 11.0. The van der Waals surface area contributed by atoms with Crippen LogP contribution in [-0.2, 0) is 6.42 Å². The minimum absolute atomic E-state index is 0.317. The fourth-order valence-corrected chi connectivity index (χ4v) is 2.95. The Morgan fingerprint density at radius 2 is 2.15 bits per heavy atom. The highest BCUT2D eigenvalue weighted by atomic mass is 32.1. The van der Waals surface area contributed by atoms with Crippen molar-refractivity contribution in [3.63, 3.8) is 0 Å². The Bertz CT molecular complexity index is 522. The van der Waals surface area contributed by atoms with Crippen LogP contribution in [0, 0.1) is 6.92 Å². The molecule has 1 aromatic heterocycles. The van der Waals surface area contributed by atoms with Crippen LogP contribution < -0.4 is 10.1 Å². The summed E-state index contributed by atoms with van der Waals surface area (Å²) in [7, 11) is 0. The van der Waals surface area contributed by atoms with Gasteiger partial charge in [-0.25, -0.2) is 0 Å². The molecular formula is C17H23NOS. The summed E-state index contributed by atoms with van der Waals surface area (Å²) in [4.78, 5) is 1.37. The van der Waals surface area contributed by atoms with Crippen molar-refractivity contribution in [2.24, 2.45) is 0 Å². The van der Waals surface area contributed by atoms with E-state index in [2.05, 4.69) is 61.8 Å². The van der Waals surface area contributed by atoms with Crippen molar-refractivity contribution in [2.75, 3.05) is 13.2 Å². The van der Waals surface area contributed by atoms with Crippen LogP contribution in [0.4, 0.5) is 0 Å². The molecule has 0 aliphatic carbocycles. The minimum atomic E-state index is 0.317. The van der Waals surface area contributed by atoms with Crippen molar-refractivity contribution >= 4 is 11.3 Å². The first-order valence-electron chi connectivity index (χ1n) is 7.19. The van der Waals surface area contributed by atoms with Crippen LogP contribution in [0.5, 0.6) is 5.75 Å². The van der Waals surface area contributed by atoms with E-state index in [9.17, 15) is 0 Å². The Labute approximate surface area is 125 Å². The lowest BCUT2D eigenvalue weighted by molar-refractivity contribution is 0.316. The molecule has 0 amide bonds. The van der Waals surface area contributed by atoms with Crippen molar-refractivity contribution in [3.8, 4) is 5.75 Å². The van der Waals surface area contributed by atoms with Crippen LogP contribution in [-0.4, -0.2) is 13.2 Å². The predicted octanol–water partition coefficient (Wildman–Crippen LogP) is 4.35. The Kier molecular flexibility index (Phi) is 5.62. The molecular weight excluding hydrogens is 266 g/mol. The third kappa shape index (κ3) is 4.09. The van der Waals surface area contributed by atoms with E-state index in [1.807, 2.05) is 0 Å². The van der Waals surface area contributed by atoms with E-state index in [0.717, 1.165) is 25.3 Å². The lowest BCUT2D eigenvalue weighted by Crippen LogP contribution is -2.18. The topological polar surface area (TPSA) is 21.3 Å². The molecule has 2 aromatic rings.